The predicted molar refractivity (Wildman–Crippen MR) is 174 cm³/mol. The van der Waals surface area contributed by atoms with Gasteiger partial charge in [0.25, 0.3) is 0 Å². The number of pyridine rings is 3. The summed E-state index contributed by atoms with van der Waals surface area (Å²) in [6.45, 7) is 3.97. The predicted octanol–water partition coefficient (Wildman–Crippen LogP) is 5.25. The molecule has 3 aliphatic rings. The molecule has 2 N–H and O–H groups in total. The summed E-state index contributed by atoms with van der Waals surface area (Å²) in [4.78, 5) is 27.0. The molecule has 7 heterocycles. The summed E-state index contributed by atoms with van der Waals surface area (Å²) in [5.41, 5.74) is 7.60. The molecule has 12 heteroatoms. The van der Waals surface area contributed by atoms with Gasteiger partial charge in [0.05, 0.1) is 18.1 Å². The molecule has 0 unspecified atom stereocenters. The second-order valence-corrected chi connectivity index (χ2v) is 12.4. The molecule has 0 amide bonds. The molecule has 2 fully saturated rings. The van der Waals surface area contributed by atoms with Gasteiger partial charge >= 0.3 is 6.01 Å². The van der Waals surface area contributed by atoms with E-state index >= 15 is 4.39 Å². The lowest BCUT2D eigenvalue weighted by Crippen LogP contribution is -2.43. The monoisotopic (exact) mass is 634 g/mol. The Morgan fingerprint density at radius 1 is 1.17 bits per heavy atom. The summed E-state index contributed by atoms with van der Waals surface area (Å²) in [6.07, 6.45) is 11.9. The Morgan fingerprint density at radius 2 is 2.06 bits per heavy atom. The molecule has 5 aromatic rings. The number of hydrogen-bond donors (Lipinski definition) is 1. The normalized spacial score (nSPS) is 21.3. The molecule has 0 saturated carbocycles. The molecule has 47 heavy (non-hydrogen) atoms. The van der Waals surface area contributed by atoms with Crippen LogP contribution in [0.4, 0.5) is 20.4 Å². The van der Waals surface area contributed by atoms with Crippen molar-refractivity contribution in [2.45, 2.75) is 43.9 Å². The molecular weight excluding hydrogens is 602 g/mol. The molecule has 4 aromatic heterocycles. The van der Waals surface area contributed by atoms with Gasteiger partial charge in [0.15, 0.2) is 5.82 Å². The molecule has 3 aliphatic heterocycles. The minimum absolute atomic E-state index is 0.00136. The number of benzene rings is 1. The lowest BCUT2D eigenvalue weighted by Gasteiger charge is -2.32. The maximum Gasteiger partial charge on any atom is 0.319 e. The van der Waals surface area contributed by atoms with Crippen molar-refractivity contribution >= 4 is 33.3 Å². The number of nitrogens with zero attached hydrogens (tertiary/aromatic N) is 7. The lowest BCUT2D eigenvalue weighted by atomic mass is 9.95. The van der Waals surface area contributed by atoms with Gasteiger partial charge in [-0.05, 0) is 38.4 Å². The average Bonchev–Trinajstić information content (AvgIpc) is 3.54. The number of nitrogen functional groups attached to an aromatic ring is 1. The van der Waals surface area contributed by atoms with Gasteiger partial charge in [-0.25, -0.2) is 18.7 Å². The van der Waals surface area contributed by atoms with Crippen LogP contribution in [0.1, 0.15) is 43.4 Å². The smallest absolute Gasteiger partial charge is 0.319 e. The summed E-state index contributed by atoms with van der Waals surface area (Å²) < 4.78 is 44.1. The zero-order valence-corrected chi connectivity index (χ0v) is 25.8. The first-order chi connectivity index (χ1) is 22.9. The summed E-state index contributed by atoms with van der Waals surface area (Å²) in [6, 6.07) is 8.87. The maximum atomic E-state index is 17.0. The summed E-state index contributed by atoms with van der Waals surface area (Å²) in [5.74, 6) is 2.95. The van der Waals surface area contributed by atoms with Gasteiger partial charge in [0.2, 0.25) is 5.88 Å². The fraction of sp³-hybridized carbons (Fsp3) is 0.343. The summed E-state index contributed by atoms with van der Waals surface area (Å²) >= 11 is 0. The molecule has 0 radical (unpaired) electrons. The van der Waals surface area contributed by atoms with Gasteiger partial charge in [-0.3, -0.25) is 9.88 Å². The summed E-state index contributed by atoms with van der Waals surface area (Å²) in [5, 5.41) is 1.70. The number of halogens is 2. The Balaban J connectivity index is 1.32. The Labute approximate surface area is 270 Å². The van der Waals surface area contributed by atoms with E-state index in [1.165, 1.54) is 0 Å². The number of rotatable bonds is 6. The molecule has 0 bridgehead atoms. The van der Waals surface area contributed by atoms with Crippen molar-refractivity contribution in [3.8, 4) is 35.5 Å². The third-order valence-electron chi connectivity index (χ3n) is 9.77. The molecule has 3 atom stereocenters. The van der Waals surface area contributed by atoms with Crippen molar-refractivity contribution in [1.29, 1.82) is 0 Å². The van der Waals surface area contributed by atoms with Crippen LogP contribution < -0.4 is 20.1 Å². The van der Waals surface area contributed by atoms with E-state index in [1.54, 1.807) is 24.7 Å². The van der Waals surface area contributed by atoms with Crippen molar-refractivity contribution in [2.24, 2.45) is 0 Å². The van der Waals surface area contributed by atoms with Gasteiger partial charge < -0.3 is 20.1 Å². The van der Waals surface area contributed by atoms with Crippen molar-refractivity contribution in [3.05, 3.63) is 65.9 Å². The number of anilines is 2. The number of fused-ring (bicyclic) bond motifs is 2. The van der Waals surface area contributed by atoms with Crippen LogP contribution >= 0.6 is 0 Å². The number of nitrogens with two attached hydrogens (primary N) is 1. The molecule has 8 rings (SSSR count). The van der Waals surface area contributed by atoms with Crippen LogP contribution in [0.25, 0.3) is 32.9 Å². The summed E-state index contributed by atoms with van der Waals surface area (Å²) in [7, 11) is 0. The highest BCUT2D eigenvalue weighted by molar-refractivity contribution is 6.02. The first kappa shape index (κ1) is 29.3. The van der Waals surface area contributed by atoms with E-state index in [-0.39, 0.29) is 42.4 Å². The van der Waals surface area contributed by atoms with Crippen molar-refractivity contribution in [1.82, 2.24) is 29.8 Å². The fourth-order valence-corrected chi connectivity index (χ4v) is 7.52. The molecule has 2 saturated heterocycles. The molecular formula is C35H32F2N8O2. The first-order valence-corrected chi connectivity index (χ1v) is 15.7. The topological polar surface area (TPSA) is 115 Å². The molecule has 1 aromatic carbocycles. The Morgan fingerprint density at radius 3 is 2.91 bits per heavy atom. The van der Waals surface area contributed by atoms with E-state index in [0.717, 1.165) is 30.3 Å². The highest BCUT2D eigenvalue weighted by atomic mass is 19.1. The van der Waals surface area contributed by atoms with Crippen LogP contribution in [0.5, 0.6) is 11.9 Å². The highest BCUT2D eigenvalue weighted by Gasteiger charge is 2.49. The lowest BCUT2D eigenvalue weighted by molar-refractivity contribution is 0.107. The minimum atomic E-state index is -0.921. The van der Waals surface area contributed by atoms with Crippen LogP contribution in [0.3, 0.4) is 0 Å². The van der Waals surface area contributed by atoms with Crippen molar-refractivity contribution < 1.29 is 18.3 Å². The van der Waals surface area contributed by atoms with Gasteiger partial charge in [0.1, 0.15) is 47.6 Å². The molecule has 0 spiro atoms. The largest absolute Gasteiger partial charge is 0.475 e. The SMILES string of the molecule is C#Cc1cccc2cncc(-c3nc4c5c(nc(OC[C@@]67CCCN6C[C@H](F)C7)nc5c3F)N([C@H](C)c3cccnc3N)CCO4)c12. The maximum absolute atomic E-state index is 17.0. The van der Waals surface area contributed by atoms with Crippen LogP contribution in [-0.4, -0.2) is 74.4 Å². The number of hydrogen-bond acceptors (Lipinski definition) is 10. The Hall–Kier alpha value is -5.15. The van der Waals surface area contributed by atoms with Crippen LogP contribution in [-0.2, 0) is 0 Å². The van der Waals surface area contributed by atoms with Gasteiger partial charge in [0, 0.05) is 59.0 Å². The van der Waals surface area contributed by atoms with E-state index in [2.05, 4.69) is 25.8 Å². The van der Waals surface area contributed by atoms with Gasteiger partial charge in [-0.1, -0.05) is 24.1 Å². The zero-order chi connectivity index (χ0) is 32.3. The van der Waals surface area contributed by atoms with Crippen LogP contribution in [0.2, 0.25) is 0 Å². The van der Waals surface area contributed by atoms with E-state index in [1.807, 2.05) is 36.1 Å². The van der Waals surface area contributed by atoms with Crippen molar-refractivity contribution in [3.63, 3.8) is 0 Å². The van der Waals surface area contributed by atoms with E-state index in [0.29, 0.717) is 53.0 Å². The van der Waals surface area contributed by atoms with E-state index in [4.69, 9.17) is 31.6 Å². The zero-order valence-electron chi connectivity index (χ0n) is 25.8. The third kappa shape index (κ3) is 4.76. The minimum Gasteiger partial charge on any atom is -0.475 e. The number of terminal acetylenes is 1. The Bertz CT molecular complexity index is 2080. The quantitative estimate of drug-likeness (QED) is 0.248. The molecule has 0 aliphatic carbocycles. The Kier molecular flexibility index (Phi) is 7.02. The standard InChI is InChI=1S/C35H32F2N8O2/c1-3-21-7-4-8-22-16-39-17-25(26(21)22)29-28(37)30-27-32(43-34(42-30)47-19-35-10-6-12-44(35)18-23(36)15-35)45(13-14-46-33(27)41-29)20(2)24-9-5-11-40-31(24)38/h1,4-5,7-9,11,16-17,20,23H,6,10,12-15,18-19H2,2H3,(H2,38,40)/t20-,23-,35+/m1/s1. The van der Waals surface area contributed by atoms with Gasteiger partial charge in [-0.2, -0.15) is 9.97 Å². The van der Waals surface area contributed by atoms with E-state index < -0.39 is 17.5 Å². The molecule has 238 valence electrons. The third-order valence-corrected chi connectivity index (χ3v) is 9.77. The number of aromatic nitrogens is 5. The number of alkyl halides is 1. The fourth-order valence-electron chi connectivity index (χ4n) is 7.52. The highest BCUT2D eigenvalue weighted by Crippen LogP contribution is 2.44. The van der Waals surface area contributed by atoms with Crippen LogP contribution in [0.15, 0.2) is 48.9 Å². The van der Waals surface area contributed by atoms with Crippen LogP contribution in [0, 0.1) is 18.2 Å². The molecule has 10 nitrogen and oxygen atoms in total. The second kappa shape index (κ2) is 11.3. The van der Waals surface area contributed by atoms with E-state index in [9.17, 15) is 4.39 Å². The average molecular weight is 635 g/mol. The first-order valence-electron chi connectivity index (χ1n) is 15.7. The van der Waals surface area contributed by atoms with Gasteiger partial charge in [-0.15, -0.1) is 6.42 Å². The van der Waals surface area contributed by atoms with Crippen molar-refractivity contribution in [2.75, 3.05) is 43.5 Å². The second-order valence-electron chi connectivity index (χ2n) is 12.4. The number of ether oxygens (including phenoxy) is 2.